The summed E-state index contributed by atoms with van der Waals surface area (Å²) >= 11 is 1.81. The van der Waals surface area contributed by atoms with Crippen molar-refractivity contribution >= 4 is 22.3 Å². The van der Waals surface area contributed by atoms with Gasteiger partial charge < -0.3 is 9.80 Å². The molecule has 0 N–H and O–H groups in total. The minimum absolute atomic E-state index is 0.442. The van der Waals surface area contributed by atoms with Crippen LogP contribution in [-0.4, -0.2) is 46.3 Å². The summed E-state index contributed by atoms with van der Waals surface area (Å²) in [5, 5.41) is 11.2. The minimum Gasteiger partial charge on any atom is -0.356 e. The lowest BCUT2D eigenvalue weighted by atomic mass is 10.0. The topological polar surface area (TPSA) is 58.0 Å². The van der Waals surface area contributed by atoms with Crippen LogP contribution >= 0.6 is 11.3 Å². The Kier molecular flexibility index (Phi) is 3.66. The van der Waals surface area contributed by atoms with Crippen molar-refractivity contribution in [3.63, 3.8) is 0 Å². The van der Waals surface area contributed by atoms with E-state index in [1.165, 1.54) is 17.8 Å². The Hall–Kier alpha value is -1.76. The van der Waals surface area contributed by atoms with E-state index in [-0.39, 0.29) is 0 Å². The van der Waals surface area contributed by atoms with Gasteiger partial charge in [0.1, 0.15) is 17.2 Å². The van der Waals surface area contributed by atoms with Crippen molar-refractivity contribution < 1.29 is 0 Å². The van der Waals surface area contributed by atoms with Gasteiger partial charge in [0, 0.05) is 55.7 Å². The van der Waals surface area contributed by atoms with Crippen molar-refractivity contribution in [1.82, 2.24) is 20.2 Å². The Morgan fingerprint density at radius 3 is 2.40 bits per heavy atom. The smallest absolute Gasteiger partial charge is 0.208 e. The lowest BCUT2D eigenvalue weighted by molar-refractivity contribution is 0.533. The lowest BCUT2D eigenvalue weighted by Crippen LogP contribution is -2.29. The fraction of sp³-hybridized carbons (Fsp3) is 0.667. The van der Waals surface area contributed by atoms with E-state index >= 15 is 0 Å². The maximum absolute atomic E-state index is 4.52. The van der Waals surface area contributed by atoms with Gasteiger partial charge in [-0.05, 0) is 18.8 Å². The number of rotatable bonds is 4. The molecule has 25 heavy (non-hydrogen) atoms. The summed E-state index contributed by atoms with van der Waals surface area (Å²) in [6.45, 7) is 8.74. The summed E-state index contributed by atoms with van der Waals surface area (Å²) in [6.07, 6.45) is 4.31. The maximum atomic E-state index is 4.52. The van der Waals surface area contributed by atoms with Crippen LogP contribution in [0.3, 0.4) is 0 Å². The van der Waals surface area contributed by atoms with Gasteiger partial charge in [0.2, 0.25) is 5.13 Å². The van der Waals surface area contributed by atoms with Gasteiger partial charge in [-0.15, -0.1) is 10.2 Å². The third-order valence-electron chi connectivity index (χ3n) is 5.70. The van der Waals surface area contributed by atoms with Crippen molar-refractivity contribution in [2.75, 3.05) is 36.0 Å². The van der Waals surface area contributed by atoms with Crippen LogP contribution in [0.25, 0.3) is 0 Å². The number of nitrogens with zero attached hydrogens (tertiary/aromatic N) is 6. The molecule has 132 valence electrons. The molecule has 4 heterocycles. The van der Waals surface area contributed by atoms with Crippen molar-refractivity contribution in [3.8, 4) is 0 Å². The highest BCUT2D eigenvalue weighted by Gasteiger charge is 2.41. The molecule has 5 rings (SSSR count). The molecule has 6 nitrogen and oxygen atoms in total. The number of aromatic nitrogens is 4. The summed E-state index contributed by atoms with van der Waals surface area (Å²) in [4.78, 5) is 13.8. The normalized spacial score (nSPS) is 25.9. The first-order valence-electron chi connectivity index (χ1n) is 9.32. The Labute approximate surface area is 152 Å². The molecule has 0 aromatic carbocycles. The average molecular weight is 356 g/mol. The average Bonchev–Trinajstić information content (AvgIpc) is 3.04. The van der Waals surface area contributed by atoms with Gasteiger partial charge >= 0.3 is 0 Å². The highest BCUT2D eigenvalue weighted by molar-refractivity contribution is 7.15. The van der Waals surface area contributed by atoms with E-state index in [0.29, 0.717) is 23.7 Å². The molecule has 7 heteroatoms. The van der Waals surface area contributed by atoms with E-state index in [0.717, 1.165) is 42.8 Å². The Bertz CT molecular complexity index is 756. The van der Waals surface area contributed by atoms with Gasteiger partial charge in [0.15, 0.2) is 0 Å². The zero-order chi connectivity index (χ0) is 17.0. The van der Waals surface area contributed by atoms with Crippen LogP contribution in [0.5, 0.6) is 0 Å². The molecule has 2 saturated heterocycles. The minimum atomic E-state index is 0.442. The van der Waals surface area contributed by atoms with Gasteiger partial charge in [0.05, 0.1) is 0 Å². The highest BCUT2D eigenvalue weighted by Crippen LogP contribution is 2.44. The predicted molar refractivity (Wildman–Crippen MR) is 99.4 cm³/mol. The molecular formula is C18H24N6S. The van der Waals surface area contributed by atoms with E-state index in [1.54, 1.807) is 6.33 Å². The Morgan fingerprint density at radius 1 is 1.00 bits per heavy atom. The molecule has 3 aliphatic rings. The van der Waals surface area contributed by atoms with E-state index in [9.17, 15) is 0 Å². The van der Waals surface area contributed by atoms with Crippen molar-refractivity contribution in [1.29, 1.82) is 0 Å². The fourth-order valence-electron chi connectivity index (χ4n) is 4.04. The van der Waals surface area contributed by atoms with Crippen LogP contribution in [0.2, 0.25) is 0 Å². The van der Waals surface area contributed by atoms with Crippen molar-refractivity contribution in [3.05, 3.63) is 23.1 Å². The molecule has 0 radical (unpaired) electrons. The summed E-state index contributed by atoms with van der Waals surface area (Å²) in [7, 11) is 0. The van der Waals surface area contributed by atoms with Crippen LogP contribution in [0, 0.1) is 11.8 Å². The zero-order valence-electron chi connectivity index (χ0n) is 14.8. The molecule has 0 bridgehead atoms. The number of fused-ring (bicyclic) bond motifs is 1. The zero-order valence-corrected chi connectivity index (χ0v) is 15.6. The molecular weight excluding hydrogens is 332 g/mol. The molecule has 2 unspecified atom stereocenters. The van der Waals surface area contributed by atoms with Crippen molar-refractivity contribution in [2.45, 2.75) is 38.5 Å². The highest BCUT2D eigenvalue weighted by atomic mass is 32.1. The largest absolute Gasteiger partial charge is 0.356 e. The molecule has 0 spiro atoms. The first-order chi connectivity index (χ1) is 12.2. The molecule has 1 saturated carbocycles. The fourth-order valence-corrected chi connectivity index (χ4v) is 5.07. The molecule has 2 atom stereocenters. The molecule has 1 aliphatic carbocycles. The van der Waals surface area contributed by atoms with Gasteiger partial charge in [-0.1, -0.05) is 25.2 Å². The molecule has 0 amide bonds. The third-order valence-corrected chi connectivity index (χ3v) is 6.85. The second-order valence-electron chi connectivity index (χ2n) is 7.98. The van der Waals surface area contributed by atoms with Gasteiger partial charge in [-0.25, -0.2) is 9.97 Å². The molecule has 2 aliphatic heterocycles. The van der Waals surface area contributed by atoms with Crippen LogP contribution in [0.4, 0.5) is 10.9 Å². The SMILES string of the molecule is CC(C)c1cc(N2CC3CN(c4nnc(C5CC5)s4)CC3C2)ncn1. The Balaban J connectivity index is 1.26. The van der Waals surface area contributed by atoms with Gasteiger partial charge in [-0.3, -0.25) is 0 Å². The predicted octanol–water partition coefficient (Wildman–Crippen LogP) is 2.90. The number of hydrogen-bond donors (Lipinski definition) is 0. The summed E-state index contributed by atoms with van der Waals surface area (Å²) in [5.41, 5.74) is 1.13. The Morgan fingerprint density at radius 2 is 1.72 bits per heavy atom. The number of hydrogen-bond acceptors (Lipinski definition) is 7. The van der Waals surface area contributed by atoms with E-state index in [2.05, 4.69) is 49.9 Å². The second-order valence-corrected chi connectivity index (χ2v) is 8.97. The molecule has 2 aromatic rings. The second kappa shape index (κ2) is 5.90. The first-order valence-corrected chi connectivity index (χ1v) is 10.1. The molecule has 3 fully saturated rings. The van der Waals surface area contributed by atoms with Crippen LogP contribution in [0.15, 0.2) is 12.4 Å². The van der Waals surface area contributed by atoms with Crippen LogP contribution < -0.4 is 9.80 Å². The number of anilines is 2. The monoisotopic (exact) mass is 356 g/mol. The molecule has 2 aromatic heterocycles. The summed E-state index contributed by atoms with van der Waals surface area (Å²) in [5.74, 6) is 3.64. The summed E-state index contributed by atoms with van der Waals surface area (Å²) in [6, 6.07) is 2.16. The quantitative estimate of drug-likeness (QED) is 0.839. The van der Waals surface area contributed by atoms with Crippen molar-refractivity contribution in [2.24, 2.45) is 11.8 Å². The van der Waals surface area contributed by atoms with Crippen LogP contribution in [0.1, 0.15) is 49.2 Å². The summed E-state index contributed by atoms with van der Waals surface area (Å²) < 4.78 is 0. The third kappa shape index (κ3) is 2.88. The van der Waals surface area contributed by atoms with E-state index in [1.807, 2.05) is 11.3 Å². The lowest BCUT2D eigenvalue weighted by Gasteiger charge is -2.22. The first kappa shape index (κ1) is 15.5. The standard InChI is InChI=1S/C18H24N6S/c1-11(2)15-5-16(20-10-19-15)23-6-13-8-24(9-14(13)7-23)18-22-21-17(25-18)12-3-4-12/h5,10-14H,3-4,6-9H2,1-2H3. The van der Waals surface area contributed by atoms with E-state index < -0.39 is 0 Å². The van der Waals surface area contributed by atoms with Gasteiger partial charge in [0.25, 0.3) is 0 Å². The van der Waals surface area contributed by atoms with E-state index in [4.69, 9.17) is 0 Å². The van der Waals surface area contributed by atoms with Gasteiger partial charge in [-0.2, -0.15) is 0 Å². The maximum Gasteiger partial charge on any atom is 0.208 e. The van der Waals surface area contributed by atoms with Crippen LogP contribution in [-0.2, 0) is 0 Å².